The maximum atomic E-state index is 5.34. The Kier molecular flexibility index (Phi) is 5.33. The van der Waals surface area contributed by atoms with Gasteiger partial charge in [0.1, 0.15) is 0 Å². The van der Waals surface area contributed by atoms with E-state index < -0.39 is 8.60 Å². The van der Waals surface area contributed by atoms with Gasteiger partial charge in [-0.25, -0.2) is 0 Å². The Morgan fingerprint density at radius 3 is 2.71 bits per heavy atom. The summed E-state index contributed by atoms with van der Waals surface area (Å²) >= 11 is 1.78. The molecule has 0 N–H and O–H groups in total. The van der Waals surface area contributed by atoms with Crippen LogP contribution < -0.4 is 0 Å². The van der Waals surface area contributed by atoms with Crippen molar-refractivity contribution in [3.63, 3.8) is 0 Å². The van der Waals surface area contributed by atoms with Crippen LogP contribution in [0, 0.1) is 0 Å². The maximum absolute atomic E-state index is 5.34. The van der Waals surface area contributed by atoms with E-state index in [1.165, 1.54) is 4.90 Å². The van der Waals surface area contributed by atoms with Gasteiger partial charge >= 0.3 is 8.60 Å². The molecule has 0 radical (unpaired) electrons. The first kappa shape index (κ1) is 12.9. The quantitative estimate of drug-likeness (QED) is 0.459. The van der Waals surface area contributed by atoms with Crippen LogP contribution >= 0.6 is 20.4 Å². The summed E-state index contributed by atoms with van der Waals surface area (Å²) in [5.41, 5.74) is 0. The zero-order valence-corrected chi connectivity index (χ0v) is 11.3. The monoisotopic (exact) mass is 270 g/mol. The van der Waals surface area contributed by atoms with Gasteiger partial charge in [-0.2, -0.15) is 0 Å². The number of hydrogen-bond acceptors (Lipinski definition) is 4. The van der Waals surface area contributed by atoms with Crippen molar-refractivity contribution in [1.29, 1.82) is 0 Å². The first-order chi connectivity index (χ1) is 8.34. The molecule has 1 aliphatic heterocycles. The van der Waals surface area contributed by atoms with Crippen molar-refractivity contribution in [3.05, 3.63) is 42.7 Å². The van der Waals surface area contributed by atoms with Crippen LogP contribution in [0.2, 0.25) is 0 Å². The molecule has 0 spiro atoms. The molecule has 1 unspecified atom stereocenters. The van der Waals surface area contributed by atoms with Gasteiger partial charge in [0, 0.05) is 10.1 Å². The van der Waals surface area contributed by atoms with Gasteiger partial charge in [-0.1, -0.05) is 18.2 Å². The van der Waals surface area contributed by atoms with Crippen LogP contribution in [0.1, 0.15) is 6.92 Å². The highest BCUT2D eigenvalue weighted by Crippen LogP contribution is 2.43. The lowest BCUT2D eigenvalue weighted by Crippen LogP contribution is -1.89. The van der Waals surface area contributed by atoms with Crippen molar-refractivity contribution in [2.24, 2.45) is 0 Å². The van der Waals surface area contributed by atoms with E-state index in [0.29, 0.717) is 18.5 Å². The summed E-state index contributed by atoms with van der Waals surface area (Å²) in [5.74, 6) is 0. The highest BCUT2D eigenvalue weighted by Gasteiger charge is 2.18. The predicted molar refractivity (Wildman–Crippen MR) is 70.8 cm³/mol. The fourth-order valence-electron chi connectivity index (χ4n) is 1.27. The average molecular weight is 270 g/mol. The van der Waals surface area contributed by atoms with Crippen LogP contribution in [0.25, 0.3) is 0 Å². The first-order valence-corrected chi connectivity index (χ1v) is 7.43. The smallest absolute Gasteiger partial charge is 0.396 e. The molecule has 1 saturated heterocycles. The second-order valence-corrected chi connectivity index (χ2v) is 6.09. The minimum absolute atomic E-state index is 0.356. The van der Waals surface area contributed by atoms with Crippen LogP contribution in [0.5, 0.6) is 0 Å². The van der Waals surface area contributed by atoms with Crippen LogP contribution in [-0.2, 0) is 13.6 Å². The minimum atomic E-state index is -1.13. The predicted octanol–water partition coefficient (Wildman–Crippen LogP) is 3.97. The molecule has 2 rings (SSSR count). The Bertz CT molecular complexity index is 352. The lowest BCUT2D eigenvalue weighted by Gasteiger charge is -2.07. The lowest BCUT2D eigenvalue weighted by molar-refractivity contribution is 0.325. The van der Waals surface area contributed by atoms with Gasteiger partial charge in [-0.05, 0) is 25.1 Å². The third-order valence-electron chi connectivity index (χ3n) is 2.04. The van der Waals surface area contributed by atoms with Gasteiger partial charge in [-0.3, -0.25) is 0 Å². The molecule has 5 heteroatoms. The molecule has 0 bridgehead atoms. The summed E-state index contributed by atoms with van der Waals surface area (Å²) in [7, 11) is -1.13. The van der Waals surface area contributed by atoms with E-state index in [1.807, 2.05) is 24.3 Å². The molecule has 0 saturated carbocycles. The van der Waals surface area contributed by atoms with E-state index in [9.17, 15) is 0 Å². The van der Waals surface area contributed by atoms with Crippen LogP contribution in [0.4, 0.5) is 0 Å². The van der Waals surface area contributed by atoms with Gasteiger partial charge in [-0.15, -0.1) is 11.8 Å². The number of hydrogen-bond donors (Lipinski definition) is 0. The van der Waals surface area contributed by atoms with Crippen LogP contribution in [0.15, 0.2) is 47.6 Å². The summed E-state index contributed by atoms with van der Waals surface area (Å²) < 4.78 is 15.8. The van der Waals surface area contributed by atoms with E-state index >= 15 is 0 Å². The number of rotatable bonds is 5. The number of benzene rings is 1. The SMILES string of the molecule is CC(/C=C/OP1OCCO1)Sc1ccccc1. The molecule has 17 heavy (non-hydrogen) atoms. The van der Waals surface area contributed by atoms with Crippen LogP contribution in [0.3, 0.4) is 0 Å². The highest BCUT2D eigenvalue weighted by atomic mass is 32.2. The van der Waals surface area contributed by atoms with Crippen molar-refractivity contribution >= 4 is 20.4 Å². The molecule has 0 aliphatic carbocycles. The van der Waals surface area contributed by atoms with Gasteiger partial charge in [0.05, 0.1) is 19.5 Å². The van der Waals surface area contributed by atoms with Crippen LogP contribution in [-0.4, -0.2) is 18.5 Å². The maximum Gasteiger partial charge on any atom is 0.396 e. The lowest BCUT2D eigenvalue weighted by atomic mass is 10.4. The zero-order chi connectivity index (χ0) is 11.9. The van der Waals surface area contributed by atoms with E-state index in [0.717, 1.165) is 0 Å². The molecule has 0 aromatic heterocycles. The summed E-state index contributed by atoms with van der Waals surface area (Å²) in [6.45, 7) is 3.39. The third kappa shape index (κ3) is 4.68. The van der Waals surface area contributed by atoms with E-state index in [4.69, 9.17) is 13.6 Å². The second-order valence-electron chi connectivity index (χ2n) is 3.46. The Morgan fingerprint density at radius 2 is 2.00 bits per heavy atom. The topological polar surface area (TPSA) is 27.7 Å². The van der Waals surface area contributed by atoms with Crippen molar-refractivity contribution in [1.82, 2.24) is 0 Å². The molecule has 1 aromatic carbocycles. The van der Waals surface area contributed by atoms with Crippen molar-refractivity contribution in [2.75, 3.05) is 13.2 Å². The summed E-state index contributed by atoms with van der Waals surface area (Å²) in [4.78, 5) is 1.25. The fraction of sp³-hybridized carbons (Fsp3) is 0.333. The van der Waals surface area contributed by atoms with Crippen molar-refractivity contribution < 1.29 is 13.6 Å². The number of thioether (sulfide) groups is 1. The molecule has 92 valence electrons. The molecule has 3 nitrogen and oxygen atoms in total. The van der Waals surface area contributed by atoms with Gasteiger partial charge < -0.3 is 13.6 Å². The molecule has 1 aromatic rings. The molecular weight excluding hydrogens is 255 g/mol. The Labute approximate surface area is 107 Å². The Balaban J connectivity index is 1.73. The molecule has 1 heterocycles. The fourth-order valence-corrected chi connectivity index (χ4v) is 2.97. The summed E-state index contributed by atoms with van der Waals surface area (Å²) in [5, 5.41) is 0.356. The van der Waals surface area contributed by atoms with E-state index in [2.05, 4.69) is 19.1 Å². The van der Waals surface area contributed by atoms with Gasteiger partial charge in [0.25, 0.3) is 0 Å². The van der Waals surface area contributed by atoms with Gasteiger partial charge in [0.2, 0.25) is 0 Å². The Hall–Kier alpha value is -0.540. The average Bonchev–Trinajstić information content (AvgIpc) is 2.83. The summed E-state index contributed by atoms with van der Waals surface area (Å²) in [6, 6.07) is 10.3. The molecule has 0 amide bonds. The minimum Gasteiger partial charge on any atom is -0.435 e. The second kappa shape index (κ2) is 7.02. The highest BCUT2D eigenvalue weighted by molar-refractivity contribution is 8.00. The molecule has 1 fully saturated rings. The van der Waals surface area contributed by atoms with Crippen molar-refractivity contribution in [2.45, 2.75) is 17.1 Å². The van der Waals surface area contributed by atoms with Crippen molar-refractivity contribution in [3.8, 4) is 0 Å². The normalized spacial score (nSPS) is 18.6. The first-order valence-electron chi connectivity index (χ1n) is 5.46. The van der Waals surface area contributed by atoms with E-state index in [-0.39, 0.29) is 0 Å². The van der Waals surface area contributed by atoms with E-state index in [1.54, 1.807) is 18.0 Å². The Morgan fingerprint density at radius 1 is 1.29 bits per heavy atom. The molecule has 1 aliphatic rings. The van der Waals surface area contributed by atoms with Gasteiger partial charge in [0.15, 0.2) is 0 Å². The standard InChI is InChI=1S/C12H15O3PS/c1-11(17-12-5-3-2-4-6-12)7-8-13-16-14-9-10-15-16/h2-8,11H,9-10H2,1H3/b8-7+. The largest absolute Gasteiger partial charge is 0.435 e. The zero-order valence-electron chi connectivity index (χ0n) is 9.61. The summed E-state index contributed by atoms with van der Waals surface area (Å²) in [6.07, 6.45) is 3.68. The third-order valence-corrected chi connectivity index (χ3v) is 4.19. The molecule has 1 atom stereocenters. The molecular formula is C12H15O3PS.